The van der Waals surface area contributed by atoms with E-state index in [4.69, 9.17) is 10.00 Å². The van der Waals surface area contributed by atoms with Gasteiger partial charge in [-0.25, -0.2) is 0 Å². The van der Waals surface area contributed by atoms with Crippen LogP contribution in [-0.2, 0) is 4.79 Å². The maximum absolute atomic E-state index is 11.5. The molecule has 0 spiro atoms. The molecule has 1 unspecified atom stereocenters. The number of nitrogens with one attached hydrogen (secondary N) is 3. The Labute approximate surface area is 125 Å². The first-order valence-corrected chi connectivity index (χ1v) is 6.39. The predicted molar refractivity (Wildman–Crippen MR) is 76.6 cm³/mol. The summed E-state index contributed by atoms with van der Waals surface area (Å²) in [6.07, 6.45) is 0.921. The lowest BCUT2D eigenvalue weighted by Crippen LogP contribution is -2.34. The van der Waals surface area contributed by atoms with E-state index in [1.54, 1.807) is 25.1 Å². The lowest BCUT2D eigenvalue weighted by Gasteiger charge is -2.23. The number of aromatic nitrogens is 4. The summed E-state index contributed by atoms with van der Waals surface area (Å²) >= 11 is 0. The molecule has 0 saturated carbocycles. The minimum Gasteiger partial charge on any atom is -0.479 e. The van der Waals surface area contributed by atoms with E-state index in [9.17, 15) is 4.79 Å². The van der Waals surface area contributed by atoms with Gasteiger partial charge in [0.1, 0.15) is 17.4 Å². The molecule has 9 nitrogen and oxygen atoms in total. The molecule has 0 bridgehead atoms. The second-order valence-corrected chi connectivity index (χ2v) is 4.51. The summed E-state index contributed by atoms with van der Waals surface area (Å²) in [6, 6.07) is 7.17. The molecule has 3 N–H and O–H groups in total. The molecular weight excluding hydrogens is 286 g/mol. The normalized spacial score (nSPS) is 17.0. The Morgan fingerprint density at radius 2 is 2.41 bits per heavy atom. The molecule has 0 fully saturated rings. The van der Waals surface area contributed by atoms with Crippen molar-refractivity contribution in [2.45, 2.75) is 13.0 Å². The topological polar surface area (TPSA) is 129 Å². The van der Waals surface area contributed by atoms with Crippen LogP contribution in [0.5, 0.6) is 5.75 Å². The monoisotopic (exact) mass is 297 g/mol. The standard InChI is InChI=1S/C13H11N7O2/c1-7-13(21)16-10-3-2-9(4-11(10)22-7)15-6-8(5-14)12-17-19-20-18-12/h2-4,6-7,15H,1H3,(H,16,21)(H,17,18,19,20). The molecule has 1 aliphatic heterocycles. The molecule has 9 heteroatoms. The Hall–Kier alpha value is -3.41. The molecule has 110 valence electrons. The Morgan fingerprint density at radius 3 is 3.14 bits per heavy atom. The van der Waals surface area contributed by atoms with Crippen LogP contribution in [0.4, 0.5) is 11.4 Å². The summed E-state index contributed by atoms with van der Waals surface area (Å²) in [6.45, 7) is 1.67. The fourth-order valence-electron chi connectivity index (χ4n) is 1.87. The number of rotatable bonds is 3. The summed E-state index contributed by atoms with van der Waals surface area (Å²) in [5, 5.41) is 27.9. The Morgan fingerprint density at radius 1 is 1.55 bits per heavy atom. The van der Waals surface area contributed by atoms with Crippen molar-refractivity contribution in [1.29, 1.82) is 5.26 Å². The first-order chi connectivity index (χ1) is 10.7. The van der Waals surface area contributed by atoms with E-state index >= 15 is 0 Å². The maximum atomic E-state index is 11.5. The van der Waals surface area contributed by atoms with Gasteiger partial charge in [0.25, 0.3) is 5.91 Å². The van der Waals surface area contributed by atoms with Crippen molar-refractivity contribution >= 4 is 22.9 Å². The zero-order valence-electron chi connectivity index (χ0n) is 11.5. The van der Waals surface area contributed by atoms with Crippen LogP contribution in [0.25, 0.3) is 5.57 Å². The van der Waals surface area contributed by atoms with Crippen molar-refractivity contribution < 1.29 is 9.53 Å². The van der Waals surface area contributed by atoms with Gasteiger partial charge in [-0.15, -0.1) is 10.2 Å². The van der Waals surface area contributed by atoms with Crippen molar-refractivity contribution in [1.82, 2.24) is 20.6 Å². The van der Waals surface area contributed by atoms with Gasteiger partial charge in [-0.2, -0.15) is 10.5 Å². The van der Waals surface area contributed by atoms with Gasteiger partial charge in [0.05, 0.1) is 5.69 Å². The molecule has 1 amide bonds. The van der Waals surface area contributed by atoms with E-state index in [1.807, 2.05) is 6.07 Å². The molecule has 22 heavy (non-hydrogen) atoms. The number of tetrazole rings is 1. The molecule has 1 atom stereocenters. The number of carbonyl (C=O) groups excluding carboxylic acids is 1. The van der Waals surface area contributed by atoms with Crippen LogP contribution in [0.1, 0.15) is 12.7 Å². The molecule has 2 aromatic rings. The van der Waals surface area contributed by atoms with Gasteiger partial charge < -0.3 is 15.4 Å². The van der Waals surface area contributed by atoms with E-state index < -0.39 is 6.10 Å². The average molecular weight is 297 g/mol. The van der Waals surface area contributed by atoms with Crippen molar-refractivity contribution in [3.05, 3.63) is 30.2 Å². The van der Waals surface area contributed by atoms with Crippen LogP contribution in [0, 0.1) is 11.3 Å². The average Bonchev–Trinajstić information content (AvgIpc) is 3.03. The number of nitriles is 1. The van der Waals surface area contributed by atoms with E-state index in [2.05, 4.69) is 31.3 Å². The predicted octanol–water partition coefficient (Wildman–Crippen LogP) is 0.896. The summed E-state index contributed by atoms with van der Waals surface area (Å²) in [4.78, 5) is 11.5. The highest BCUT2D eigenvalue weighted by Crippen LogP contribution is 2.32. The summed E-state index contributed by atoms with van der Waals surface area (Å²) < 4.78 is 5.51. The fraction of sp³-hybridized carbons (Fsp3) is 0.154. The number of carbonyl (C=O) groups is 1. The molecule has 3 rings (SSSR count). The van der Waals surface area contributed by atoms with Crippen LogP contribution in [0.3, 0.4) is 0 Å². The Balaban J connectivity index is 1.81. The number of H-pyrrole nitrogens is 1. The number of benzene rings is 1. The third kappa shape index (κ3) is 2.57. The SMILES string of the molecule is CC1Oc2cc(NC=C(C#N)c3nn[nH]n3)ccc2NC1=O. The van der Waals surface area contributed by atoms with E-state index in [1.165, 1.54) is 6.20 Å². The number of aromatic amines is 1. The highest BCUT2D eigenvalue weighted by atomic mass is 16.5. The molecule has 0 saturated heterocycles. The number of nitrogens with zero attached hydrogens (tertiary/aromatic N) is 4. The zero-order chi connectivity index (χ0) is 15.5. The summed E-state index contributed by atoms with van der Waals surface area (Å²) in [5.74, 6) is 0.575. The van der Waals surface area contributed by atoms with E-state index in [-0.39, 0.29) is 17.3 Å². The van der Waals surface area contributed by atoms with Crippen LogP contribution >= 0.6 is 0 Å². The Bertz CT molecular complexity index is 776. The lowest BCUT2D eigenvalue weighted by atomic mass is 10.2. The van der Waals surface area contributed by atoms with Crippen LogP contribution in [0.2, 0.25) is 0 Å². The van der Waals surface area contributed by atoms with Crippen molar-refractivity contribution in [3.8, 4) is 11.8 Å². The van der Waals surface area contributed by atoms with E-state index in [0.29, 0.717) is 17.1 Å². The smallest absolute Gasteiger partial charge is 0.265 e. The van der Waals surface area contributed by atoms with Gasteiger partial charge in [-0.1, -0.05) is 0 Å². The maximum Gasteiger partial charge on any atom is 0.265 e. The number of hydrogen-bond acceptors (Lipinski definition) is 7. The Kier molecular flexibility index (Phi) is 3.41. The van der Waals surface area contributed by atoms with Crippen LogP contribution < -0.4 is 15.4 Å². The molecule has 0 radical (unpaired) electrons. The molecule has 2 heterocycles. The van der Waals surface area contributed by atoms with Crippen molar-refractivity contribution in [2.24, 2.45) is 0 Å². The van der Waals surface area contributed by atoms with E-state index in [0.717, 1.165) is 0 Å². The molecular formula is C13H11N7O2. The second kappa shape index (κ2) is 5.53. The minimum absolute atomic E-state index is 0.183. The highest BCUT2D eigenvalue weighted by molar-refractivity contribution is 5.97. The van der Waals surface area contributed by atoms with Gasteiger partial charge in [-0.3, -0.25) is 4.79 Å². The van der Waals surface area contributed by atoms with Gasteiger partial charge in [0.2, 0.25) is 5.82 Å². The second-order valence-electron chi connectivity index (χ2n) is 4.51. The largest absolute Gasteiger partial charge is 0.479 e. The number of ether oxygens (including phenoxy) is 1. The van der Waals surface area contributed by atoms with Gasteiger partial charge in [0.15, 0.2) is 6.10 Å². The van der Waals surface area contributed by atoms with Crippen LogP contribution in [-0.4, -0.2) is 32.6 Å². The number of fused-ring (bicyclic) bond motifs is 1. The third-order valence-corrected chi connectivity index (χ3v) is 3.00. The number of allylic oxidation sites excluding steroid dienone is 1. The number of amides is 1. The van der Waals surface area contributed by atoms with Gasteiger partial charge >= 0.3 is 0 Å². The zero-order valence-corrected chi connectivity index (χ0v) is 11.5. The quantitative estimate of drug-likeness (QED) is 0.717. The first-order valence-electron chi connectivity index (χ1n) is 6.39. The molecule has 1 aromatic carbocycles. The molecule has 0 aliphatic carbocycles. The van der Waals surface area contributed by atoms with Gasteiger partial charge in [-0.05, 0) is 24.3 Å². The lowest BCUT2D eigenvalue weighted by molar-refractivity contribution is -0.122. The fourth-order valence-corrected chi connectivity index (χ4v) is 1.87. The number of hydrogen-bond donors (Lipinski definition) is 3. The van der Waals surface area contributed by atoms with Crippen LogP contribution in [0.15, 0.2) is 24.4 Å². The van der Waals surface area contributed by atoms with Gasteiger partial charge in [0, 0.05) is 18.0 Å². The highest BCUT2D eigenvalue weighted by Gasteiger charge is 2.23. The van der Waals surface area contributed by atoms with Crippen molar-refractivity contribution in [3.63, 3.8) is 0 Å². The van der Waals surface area contributed by atoms with Crippen molar-refractivity contribution in [2.75, 3.05) is 10.6 Å². The minimum atomic E-state index is -0.549. The first kappa shape index (κ1) is 13.6. The summed E-state index contributed by atoms with van der Waals surface area (Å²) in [5.41, 5.74) is 1.53. The number of anilines is 2. The summed E-state index contributed by atoms with van der Waals surface area (Å²) in [7, 11) is 0. The molecule has 1 aromatic heterocycles. The third-order valence-electron chi connectivity index (χ3n) is 3.00. The molecule has 1 aliphatic rings.